The molecule has 0 aromatic heterocycles. The summed E-state index contributed by atoms with van der Waals surface area (Å²) in [6, 6.07) is 10.4. The zero-order valence-corrected chi connectivity index (χ0v) is 12.3. The van der Waals surface area contributed by atoms with Crippen molar-refractivity contribution in [3.8, 4) is 0 Å². The van der Waals surface area contributed by atoms with Crippen LogP contribution >= 0.6 is 0 Å². The largest absolute Gasteiger partial charge is 0.388 e. The van der Waals surface area contributed by atoms with E-state index in [0.29, 0.717) is 11.3 Å². The Kier molecular flexibility index (Phi) is 4.23. The number of ether oxygens (including phenoxy) is 1. The van der Waals surface area contributed by atoms with E-state index in [4.69, 9.17) is 10.5 Å². The first kappa shape index (κ1) is 15.0. The molecule has 0 saturated heterocycles. The quantitative estimate of drug-likeness (QED) is 0.689. The third kappa shape index (κ3) is 3.03. The molecule has 0 aliphatic heterocycles. The Labute approximate surface area is 123 Å². The lowest BCUT2D eigenvalue weighted by atomic mass is 10.0. The Hall–Kier alpha value is -2.40. The smallest absolute Gasteiger partial charge is 0.348 e. The van der Waals surface area contributed by atoms with Gasteiger partial charge in [0.2, 0.25) is 0 Å². The zero-order valence-electron chi connectivity index (χ0n) is 12.3. The molecule has 0 heterocycles. The van der Waals surface area contributed by atoms with Gasteiger partial charge in [0, 0.05) is 14.1 Å². The Morgan fingerprint density at radius 1 is 1.14 bits per heavy atom. The summed E-state index contributed by atoms with van der Waals surface area (Å²) in [6.45, 7) is 1.48. The summed E-state index contributed by atoms with van der Waals surface area (Å²) in [5.74, 6) is -1.42. The Morgan fingerprint density at radius 2 is 1.81 bits per heavy atom. The van der Waals surface area contributed by atoms with Crippen molar-refractivity contribution in [2.24, 2.45) is 5.73 Å². The van der Waals surface area contributed by atoms with E-state index in [0.717, 1.165) is 10.8 Å². The highest BCUT2D eigenvalue weighted by molar-refractivity contribution is 6.12. The van der Waals surface area contributed by atoms with E-state index >= 15 is 0 Å². The summed E-state index contributed by atoms with van der Waals surface area (Å²) in [6.07, 6.45) is 0. The average Bonchev–Trinajstić information content (AvgIpc) is 2.45. The highest BCUT2D eigenvalue weighted by Gasteiger charge is 2.22. The topological polar surface area (TPSA) is 72.6 Å². The number of hydrogen-bond acceptors (Lipinski definition) is 5. The first-order valence-electron chi connectivity index (χ1n) is 6.62. The van der Waals surface area contributed by atoms with Gasteiger partial charge in [0.15, 0.2) is 0 Å². The molecule has 1 atom stereocenters. The lowest BCUT2D eigenvalue weighted by molar-refractivity contribution is -0.139. The van der Waals surface area contributed by atoms with Crippen LogP contribution in [0.3, 0.4) is 0 Å². The number of hydrogen-bond donors (Lipinski definition) is 1. The number of anilines is 1. The third-order valence-electron chi connectivity index (χ3n) is 3.16. The van der Waals surface area contributed by atoms with Crippen molar-refractivity contribution in [2.45, 2.75) is 13.0 Å². The molecule has 0 aliphatic rings. The Balaban J connectivity index is 2.56. The number of nitrogens with zero attached hydrogens (tertiary/aromatic N) is 1. The van der Waals surface area contributed by atoms with Crippen LogP contribution in [0.25, 0.3) is 10.8 Å². The van der Waals surface area contributed by atoms with Crippen LogP contribution in [0, 0.1) is 0 Å². The van der Waals surface area contributed by atoms with E-state index in [1.807, 2.05) is 50.5 Å². The summed E-state index contributed by atoms with van der Waals surface area (Å²) >= 11 is 0. The van der Waals surface area contributed by atoms with Crippen LogP contribution in [0.15, 0.2) is 36.4 Å². The maximum Gasteiger partial charge on any atom is 0.348 e. The Bertz CT molecular complexity index is 693. The number of nitrogens with two attached hydrogens (primary N) is 1. The number of esters is 2. The molecule has 2 rings (SSSR count). The number of fused-ring (bicyclic) bond motifs is 1. The van der Waals surface area contributed by atoms with Crippen molar-refractivity contribution < 1.29 is 14.3 Å². The molecule has 2 aromatic rings. The van der Waals surface area contributed by atoms with Crippen molar-refractivity contribution in [3.63, 3.8) is 0 Å². The van der Waals surface area contributed by atoms with Gasteiger partial charge in [-0.05, 0) is 23.8 Å². The Morgan fingerprint density at radius 3 is 2.43 bits per heavy atom. The fourth-order valence-corrected chi connectivity index (χ4v) is 2.08. The predicted molar refractivity (Wildman–Crippen MR) is 82.3 cm³/mol. The van der Waals surface area contributed by atoms with E-state index < -0.39 is 18.0 Å². The van der Waals surface area contributed by atoms with E-state index in [2.05, 4.69) is 0 Å². The number of rotatable bonds is 3. The molecule has 5 nitrogen and oxygen atoms in total. The van der Waals surface area contributed by atoms with Crippen LogP contribution in [0.1, 0.15) is 17.3 Å². The highest BCUT2D eigenvalue weighted by Crippen LogP contribution is 2.28. The van der Waals surface area contributed by atoms with E-state index in [1.54, 1.807) is 4.90 Å². The second-order valence-electron chi connectivity index (χ2n) is 5.07. The van der Waals surface area contributed by atoms with E-state index in [-0.39, 0.29) is 0 Å². The zero-order chi connectivity index (χ0) is 15.6. The van der Waals surface area contributed by atoms with Crippen molar-refractivity contribution >= 4 is 28.4 Å². The molecule has 110 valence electrons. The van der Waals surface area contributed by atoms with Crippen molar-refractivity contribution in [1.82, 2.24) is 0 Å². The molecule has 0 spiro atoms. The fraction of sp³-hybridized carbons (Fsp3) is 0.250. The second-order valence-corrected chi connectivity index (χ2v) is 5.07. The first-order valence-corrected chi connectivity index (χ1v) is 6.62. The van der Waals surface area contributed by atoms with Crippen molar-refractivity contribution in [3.05, 3.63) is 42.0 Å². The molecule has 0 fully saturated rings. The molecule has 0 saturated carbocycles. The van der Waals surface area contributed by atoms with Crippen molar-refractivity contribution in [2.75, 3.05) is 19.0 Å². The summed E-state index contributed by atoms with van der Waals surface area (Å²) in [5.41, 5.74) is 6.49. The van der Waals surface area contributed by atoms with Gasteiger partial charge in [0.05, 0.1) is 11.3 Å². The van der Waals surface area contributed by atoms with Gasteiger partial charge in [-0.25, -0.2) is 9.59 Å². The summed E-state index contributed by atoms with van der Waals surface area (Å²) < 4.78 is 4.87. The maximum absolute atomic E-state index is 12.4. The van der Waals surface area contributed by atoms with Crippen LogP contribution in [0.4, 0.5) is 5.69 Å². The van der Waals surface area contributed by atoms with Gasteiger partial charge in [0.25, 0.3) is 0 Å². The highest BCUT2D eigenvalue weighted by atomic mass is 16.6. The number of benzene rings is 2. The molecule has 0 radical (unpaired) electrons. The maximum atomic E-state index is 12.4. The fourth-order valence-electron chi connectivity index (χ4n) is 2.08. The van der Waals surface area contributed by atoms with E-state index in [1.165, 1.54) is 6.92 Å². The lowest BCUT2D eigenvalue weighted by Gasteiger charge is -2.18. The molecule has 2 N–H and O–H groups in total. The van der Waals surface area contributed by atoms with Crippen LogP contribution in [0.2, 0.25) is 0 Å². The van der Waals surface area contributed by atoms with Crippen molar-refractivity contribution in [1.29, 1.82) is 0 Å². The molecular formula is C16H18N2O3. The number of carbonyl (C=O) groups is 2. The van der Waals surface area contributed by atoms with Crippen LogP contribution in [-0.4, -0.2) is 32.1 Å². The van der Waals surface area contributed by atoms with Gasteiger partial charge in [0.1, 0.15) is 6.04 Å². The molecular weight excluding hydrogens is 268 g/mol. The summed E-state index contributed by atoms with van der Waals surface area (Å²) in [4.78, 5) is 25.7. The van der Waals surface area contributed by atoms with Crippen LogP contribution in [0.5, 0.6) is 0 Å². The summed E-state index contributed by atoms with van der Waals surface area (Å²) in [5, 5.41) is 1.65. The molecule has 2 aromatic carbocycles. The van der Waals surface area contributed by atoms with Gasteiger partial charge in [-0.2, -0.15) is 0 Å². The lowest BCUT2D eigenvalue weighted by Crippen LogP contribution is -2.31. The average molecular weight is 286 g/mol. The number of carbonyl (C=O) groups excluding carboxylic acids is 2. The standard InChI is InChI=1S/C16H18N2O3/c1-10(17)15(19)21-16(20)14-12-7-5-4-6-11(12)8-9-13(14)18(2)3/h4-10H,17H2,1-3H3. The van der Waals surface area contributed by atoms with Gasteiger partial charge in [-0.15, -0.1) is 0 Å². The van der Waals surface area contributed by atoms with Crippen LogP contribution < -0.4 is 10.6 Å². The van der Waals surface area contributed by atoms with Gasteiger partial charge < -0.3 is 15.4 Å². The second kappa shape index (κ2) is 5.93. The molecule has 1 unspecified atom stereocenters. The minimum absolute atomic E-state index is 0.368. The van der Waals surface area contributed by atoms with Gasteiger partial charge in [-0.3, -0.25) is 0 Å². The molecule has 0 bridgehead atoms. The third-order valence-corrected chi connectivity index (χ3v) is 3.16. The summed E-state index contributed by atoms with van der Waals surface area (Å²) in [7, 11) is 3.66. The molecule has 0 amide bonds. The van der Waals surface area contributed by atoms with E-state index in [9.17, 15) is 9.59 Å². The first-order chi connectivity index (χ1) is 9.91. The normalized spacial score (nSPS) is 12.0. The minimum atomic E-state index is -0.841. The SMILES string of the molecule is CC(N)C(=O)OC(=O)c1c(N(C)C)ccc2ccccc12. The predicted octanol–water partition coefficient (Wildman–Crippen LogP) is 1.94. The monoisotopic (exact) mass is 286 g/mol. The minimum Gasteiger partial charge on any atom is -0.388 e. The van der Waals surface area contributed by atoms with Crippen LogP contribution in [-0.2, 0) is 9.53 Å². The molecule has 5 heteroatoms. The molecule has 0 aliphatic carbocycles. The van der Waals surface area contributed by atoms with Gasteiger partial charge in [-0.1, -0.05) is 30.3 Å². The van der Waals surface area contributed by atoms with Gasteiger partial charge >= 0.3 is 11.9 Å². The molecule has 21 heavy (non-hydrogen) atoms.